The number of nitrogens with zero attached hydrogens (tertiary/aromatic N) is 1. The van der Waals surface area contributed by atoms with E-state index in [2.05, 4.69) is 10.3 Å². The highest BCUT2D eigenvalue weighted by Gasteiger charge is 2.27. The van der Waals surface area contributed by atoms with Crippen molar-refractivity contribution in [1.29, 1.82) is 0 Å². The van der Waals surface area contributed by atoms with E-state index in [1.54, 1.807) is 0 Å². The number of esters is 1. The van der Waals surface area contributed by atoms with Crippen LogP contribution >= 0.6 is 22.7 Å². The standard InChI is InChI=1S/C21H23N3O3S2/c1-11-9-10-13-16(22)17(29-19(13)23-11)18(25)24-20-15(21(26)27-2)12-7-5-3-4-6-8-14(12)28-20/h9-10H,3-8,22H2,1-2H3,(H,24,25). The van der Waals surface area contributed by atoms with Crippen LogP contribution in [-0.2, 0) is 17.6 Å². The van der Waals surface area contributed by atoms with Gasteiger partial charge in [-0.2, -0.15) is 0 Å². The Labute approximate surface area is 177 Å². The third-order valence-electron chi connectivity index (χ3n) is 5.23. The lowest BCUT2D eigenvalue weighted by atomic mass is 9.96. The highest BCUT2D eigenvalue weighted by atomic mass is 32.1. The number of methoxy groups -OCH3 is 1. The number of ether oxygens (including phenoxy) is 1. The number of carbonyl (C=O) groups excluding carboxylic acids is 2. The predicted octanol–water partition coefficient (Wildman–Crippen LogP) is 4.95. The molecule has 0 radical (unpaired) electrons. The molecule has 0 spiro atoms. The van der Waals surface area contributed by atoms with Gasteiger partial charge in [-0.15, -0.1) is 22.7 Å². The van der Waals surface area contributed by atoms with Gasteiger partial charge >= 0.3 is 5.97 Å². The topological polar surface area (TPSA) is 94.3 Å². The summed E-state index contributed by atoms with van der Waals surface area (Å²) in [4.78, 5) is 32.4. The van der Waals surface area contributed by atoms with E-state index in [1.807, 2.05) is 19.1 Å². The number of pyridine rings is 1. The molecule has 3 aromatic rings. The summed E-state index contributed by atoms with van der Waals surface area (Å²) in [6, 6.07) is 3.76. The molecule has 1 aliphatic rings. The van der Waals surface area contributed by atoms with Crippen LogP contribution in [0.3, 0.4) is 0 Å². The molecule has 0 unspecified atom stereocenters. The van der Waals surface area contributed by atoms with Crippen LogP contribution in [0.5, 0.6) is 0 Å². The van der Waals surface area contributed by atoms with E-state index >= 15 is 0 Å². The van der Waals surface area contributed by atoms with Gasteiger partial charge in [-0.1, -0.05) is 12.8 Å². The number of aryl methyl sites for hydroxylation is 2. The Morgan fingerprint density at radius 1 is 1.14 bits per heavy atom. The zero-order chi connectivity index (χ0) is 20.5. The zero-order valence-electron chi connectivity index (χ0n) is 16.5. The van der Waals surface area contributed by atoms with E-state index in [9.17, 15) is 9.59 Å². The smallest absolute Gasteiger partial charge is 0.341 e. The highest BCUT2D eigenvalue weighted by Crippen LogP contribution is 2.39. The fourth-order valence-electron chi connectivity index (χ4n) is 3.74. The number of hydrogen-bond donors (Lipinski definition) is 2. The van der Waals surface area contributed by atoms with Gasteiger partial charge in [0.25, 0.3) is 5.91 Å². The van der Waals surface area contributed by atoms with Crippen molar-refractivity contribution in [1.82, 2.24) is 4.98 Å². The number of hydrogen-bond acceptors (Lipinski definition) is 7. The summed E-state index contributed by atoms with van der Waals surface area (Å²) in [5.41, 5.74) is 9.04. The first-order valence-corrected chi connectivity index (χ1v) is 11.3. The zero-order valence-corrected chi connectivity index (χ0v) is 18.1. The van der Waals surface area contributed by atoms with Crippen LogP contribution in [0.4, 0.5) is 10.7 Å². The third kappa shape index (κ3) is 3.74. The lowest BCUT2D eigenvalue weighted by molar-refractivity contribution is 0.0601. The van der Waals surface area contributed by atoms with Gasteiger partial charge in [0.1, 0.15) is 14.7 Å². The Hall–Kier alpha value is -2.45. The molecule has 0 aromatic carbocycles. The van der Waals surface area contributed by atoms with Crippen molar-refractivity contribution in [2.45, 2.75) is 45.4 Å². The fourth-order valence-corrected chi connectivity index (χ4v) is 6.05. The first kappa shape index (κ1) is 19.8. The Balaban J connectivity index is 1.72. The van der Waals surface area contributed by atoms with Gasteiger partial charge in [-0.25, -0.2) is 9.78 Å². The van der Waals surface area contributed by atoms with Crippen LogP contribution in [0.15, 0.2) is 12.1 Å². The summed E-state index contributed by atoms with van der Waals surface area (Å²) >= 11 is 2.75. The van der Waals surface area contributed by atoms with Crippen molar-refractivity contribution in [3.05, 3.63) is 38.7 Å². The number of amides is 1. The third-order valence-corrected chi connectivity index (χ3v) is 7.55. The van der Waals surface area contributed by atoms with Crippen molar-refractivity contribution >= 4 is 55.5 Å². The molecular weight excluding hydrogens is 406 g/mol. The van der Waals surface area contributed by atoms with E-state index < -0.39 is 5.97 Å². The van der Waals surface area contributed by atoms with Crippen LogP contribution in [0.1, 0.15) is 61.8 Å². The number of thiophene rings is 2. The van der Waals surface area contributed by atoms with E-state index in [-0.39, 0.29) is 5.91 Å². The Bertz CT molecular complexity index is 1100. The van der Waals surface area contributed by atoms with Crippen molar-refractivity contribution in [2.24, 2.45) is 0 Å². The monoisotopic (exact) mass is 429 g/mol. The molecule has 3 aromatic heterocycles. The van der Waals surface area contributed by atoms with Crippen LogP contribution in [0, 0.1) is 6.92 Å². The molecule has 0 bridgehead atoms. The quantitative estimate of drug-likeness (QED) is 0.575. The average molecular weight is 430 g/mol. The normalized spacial score (nSPS) is 14.1. The van der Waals surface area contributed by atoms with Gasteiger partial charge in [-0.3, -0.25) is 4.79 Å². The summed E-state index contributed by atoms with van der Waals surface area (Å²) in [7, 11) is 1.37. The minimum Gasteiger partial charge on any atom is -0.465 e. The van der Waals surface area contributed by atoms with Crippen molar-refractivity contribution in [3.63, 3.8) is 0 Å². The molecule has 0 aliphatic heterocycles. The molecule has 0 saturated carbocycles. The second kappa shape index (κ2) is 8.12. The lowest BCUT2D eigenvalue weighted by Gasteiger charge is -2.10. The number of nitrogens with two attached hydrogens (primary N) is 1. The maximum atomic E-state index is 13.0. The molecule has 0 atom stereocenters. The molecule has 8 heteroatoms. The molecule has 3 N–H and O–H groups in total. The summed E-state index contributed by atoms with van der Waals surface area (Å²) in [6.45, 7) is 1.90. The summed E-state index contributed by atoms with van der Waals surface area (Å²) in [6.07, 6.45) is 6.24. The Morgan fingerprint density at radius 2 is 1.90 bits per heavy atom. The minimum atomic E-state index is -0.403. The molecule has 6 nitrogen and oxygen atoms in total. The number of nitrogens with one attached hydrogen (secondary N) is 1. The number of carbonyl (C=O) groups is 2. The van der Waals surface area contributed by atoms with Gasteiger partial charge in [0.05, 0.1) is 18.4 Å². The molecule has 1 amide bonds. The Kier molecular flexibility index (Phi) is 5.56. The fraction of sp³-hybridized carbons (Fsp3) is 0.381. The largest absolute Gasteiger partial charge is 0.465 e. The van der Waals surface area contributed by atoms with Crippen LogP contribution in [-0.4, -0.2) is 24.0 Å². The SMILES string of the molecule is COC(=O)c1c(NC(=O)c2sc3nc(C)ccc3c2N)sc2c1CCCCCC2. The number of anilines is 2. The first-order chi connectivity index (χ1) is 14.0. The maximum absolute atomic E-state index is 13.0. The van der Waals surface area contributed by atoms with Gasteiger partial charge in [-0.05, 0) is 50.3 Å². The number of rotatable bonds is 3. The number of nitrogen functional groups attached to an aromatic ring is 1. The van der Waals surface area contributed by atoms with E-state index in [4.69, 9.17) is 10.5 Å². The average Bonchev–Trinajstić information content (AvgIpc) is 3.18. The molecule has 0 fully saturated rings. The molecule has 0 saturated heterocycles. The van der Waals surface area contributed by atoms with E-state index in [1.165, 1.54) is 41.1 Å². The summed E-state index contributed by atoms with van der Waals surface area (Å²) < 4.78 is 5.03. The molecule has 152 valence electrons. The molecule has 3 heterocycles. The van der Waals surface area contributed by atoms with Crippen LogP contribution in [0.25, 0.3) is 10.2 Å². The first-order valence-electron chi connectivity index (χ1n) is 9.69. The van der Waals surface area contributed by atoms with Crippen molar-refractivity contribution in [3.8, 4) is 0 Å². The van der Waals surface area contributed by atoms with Crippen LogP contribution < -0.4 is 11.1 Å². The van der Waals surface area contributed by atoms with Gasteiger partial charge in [0.2, 0.25) is 0 Å². The second-order valence-electron chi connectivity index (χ2n) is 7.22. The van der Waals surface area contributed by atoms with E-state index in [0.29, 0.717) is 21.1 Å². The predicted molar refractivity (Wildman–Crippen MR) is 118 cm³/mol. The van der Waals surface area contributed by atoms with Gasteiger partial charge < -0.3 is 15.8 Å². The molecule has 4 rings (SSSR count). The number of aromatic nitrogens is 1. The number of fused-ring (bicyclic) bond motifs is 2. The lowest BCUT2D eigenvalue weighted by Crippen LogP contribution is -2.15. The van der Waals surface area contributed by atoms with Crippen molar-refractivity contribution in [2.75, 3.05) is 18.2 Å². The molecule has 1 aliphatic carbocycles. The summed E-state index contributed by atoms with van der Waals surface area (Å²) in [5, 5.41) is 4.26. The maximum Gasteiger partial charge on any atom is 0.341 e. The molecule has 29 heavy (non-hydrogen) atoms. The highest BCUT2D eigenvalue weighted by molar-refractivity contribution is 7.21. The summed E-state index contributed by atoms with van der Waals surface area (Å²) in [5.74, 6) is -0.720. The molecular formula is C21H23N3O3S2. The van der Waals surface area contributed by atoms with Gasteiger partial charge in [0.15, 0.2) is 0 Å². The van der Waals surface area contributed by atoms with Crippen molar-refractivity contribution < 1.29 is 14.3 Å². The van der Waals surface area contributed by atoms with Crippen LogP contribution in [0.2, 0.25) is 0 Å². The minimum absolute atomic E-state index is 0.317. The Morgan fingerprint density at radius 3 is 2.66 bits per heavy atom. The van der Waals surface area contributed by atoms with Gasteiger partial charge in [0, 0.05) is 16.0 Å². The second-order valence-corrected chi connectivity index (χ2v) is 9.32. The van der Waals surface area contributed by atoms with E-state index in [0.717, 1.165) is 53.6 Å².